The van der Waals surface area contributed by atoms with E-state index in [1.807, 2.05) is 12.1 Å². The van der Waals surface area contributed by atoms with Crippen molar-refractivity contribution in [3.05, 3.63) is 83.7 Å². The van der Waals surface area contributed by atoms with Crippen molar-refractivity contribution in [3.8, 4) is 22.4 Å². The first kappa shape index (κ1) is 17.1. The van der Waals surface area contributed by atoms with Gasteiger partial charge in [0.25, 0.3) is 0 Å². The number of aromatic nitrogens is 2. The zero-order valence-electron chi connectivity index (χ0n) is 22.1. The quantitative estimate of drug-likeness (QED) is 0.276. The van der Waals surface area contributed by atoms with E-state index in [0.29, 0.717) is 11.6 Å². The van der Waals surface area contributed by atoms with Gasteiger partial charge in [-0.15, -0.1) is 0 Å². The van der Waals surface area contributed by atoms with Crippen LogP contribution in [-0.4, -0.2) is 4.98 Å². The van der Waals surface area contributed by atoms with Crippen LogP contribution >= 0.6 is 0 Å². The molecule has 33 heavy (non-hydrogen) atoms. The van der Waals surface area contributed by atoms with Crippen LogP contribution in [-0.2, 0) is 7.05 Å². The highest BCUT2D eigenvalue weighted by molar-refractivity contribution is 6.09. The van der Waals surface area contributed by atoms with Gasteiger partial charge >= 0.3 is 0 Å². The molecule has 3 aromatic heterocycles. The minimum Gasteiger partial charge on any atom is -0.437 e. The third-order valence-electron chi connectivity index (χ3n) is 7.18. The molecule has 1 aliphatic rings. The second-order valence-electron chi connectivity index (χ2n) is 9.27. The van der Waals surface area contributed by atoms with Crippen molar-refractivity contribution < 1.29 is 13.1 Å². The predicted octanol–water partition coefficient (Wildman–Crippen LogP) is 7.41. The zero-order chi connectivity index (χ0) is 25.0. The van der Waals surface area contributed by atoms with Gasteiger partial charge in [-0.3, -0.25) is 0 Å². The van der Waals surface area contributed by atoms with Gasteiger partial charge in [0.15, 0.2) is 11.8 Å². The molecule has 164 valence electrons. The number of nitrogens with zero attached hydrogens (tertiary/aromatic N) is 2. The van der Waals surface area contributed by atoms with Crippen molar-refractivity contribution in [2.45, 2.75) is 45.4 Å². The van der Waals surface area contributed by atoms with E-state index in [4.69, 9.17) is 8.53 Å². The molecule has 3 heteroatoms. The first-order chi connectivity index (χ1) is 17.3. The number of rotatable bonds is 3. The molecule has 0 spiro atoms. The average molecular weight is 437 g/mol. The summed E-state index contributed by atoms with van der Waals surface area (Å²) in [5, 5.41) is 1.75. The van der Waals surface area contributed by atoms with Crippen LogP contribution < -0.4 is 4.57 Å². The van der Waals surface area contributed by atoms with E-state index in [9.17, 15) is 0 Å². The lowest BCUT2D eigenvalue weighted by atomic mass is 9.92. The summed E-state index contributed by atoms with van der Waals surface area (Å²) in [4.78, 5) is 4.36. The summed E-state index contributed by atoms with van der Waals surface area (Å²) in [6, 6.07) is 20.8. The summed E-state index contributed by atoms with van der Waals surface area (Å²) in [5.41, 5.74) is 8.00. The Morgan fingerprint density at radius 1 is 0.970 bits per heavy atom. The van der Waals surface area contributed by atoms with E-state index in [0.717, 1.165) is 38.7 Å². The maximum Gasteiger partial charge on any atom is 0.227 e. The van der Waals surface area contributed by atoms with Gasteiger partial charge in [-0.05, 0) is 67.4 Å². The number of furan rings is 1. The summed E-state index contributed by atoms with van der Waals surface area (Å²) in [6.45, 7) is -0.196. The number of fused-ring (bicyclic) bond motifs is 3. The fourth-order valence-electron chi connectivity index (χ4n) is 5.46. The normalized spacial score (nSPS) is 16.2. The van der Waals surface area contributed by atoms with Crippen LogP contribution in [0.5, 0.6) is 0 Å². The Kier molecular flexibility index (Phi) is 4.06. The summed E-state index contributed by atoms with van der Waals surface area (Å²) in [5.74, 6) is 0.684. The third kappa shape index (κ3) is 3.34. The highest BCUT2D eigenvalue weighted by Gasteiger charge is 2.25. The molecule has 3 nitrogen and oxygen atoms in total. The largest absolute Gasteiger partial charge is 0.437 e. The maximum atomic E-state index is 7.74. The number of benzene rings is 2. The van der Waals surface area contributed by atoms with Crippen LogP contribution in [0.2, 0.25) is 0 Å². The second kappa shape index (κ2) is 7.84. The summed E-state index contributed by atoms with van der Waals surface area (Å²) >= 11 is 0. The molecule has 5 aromatic rings. The van der Waals surface area contributed by atoms with Gasteiger partial charge < -0.3 is 4.42 Å². The lowest BCUT2D eigenvalue weighted by Crippen LogP contribution is -2.31. The van der Waals surface area contributed by atoms with Gasteiger partial charge in [0.1, 0.15) is 7.05 Å². The Bertz CT molecular complexity index is 1590. The molecule has 0 aliphatic heterocycles. The monoisotopic (exact) mass is 436 g/mol. The molecule has 1 aliphatic carbocycles. The zero-order valence-corrected chi connectivity index (χ0v) is 19.1. The molecule has 2 aromatic carbocycles. The molecule has 0 N–H and O–H groups in total. The number of hydrogen-bond donors (Lipinski definition) is 0. The topological polar surface area (TPSA) is 29.9 Å². The fraction of sp³-hybridized carbons (Fsp3) is 0.267. The van der Waals surface area contributed by atoms with Crippen molar-refractivity contribution in [3.63, 3.8) is 0 Å². The predicted molar refractivity (Wildman–Crippen MR) is 134 cm³/mol. The van der Waals surface area contributed by atoms with Crippen molar-refractivity contribution in [1.29, 1.82) is 0 Å². The van der Waals surface area contributed by atoms with Crippen LogP contribution in [0.25, 0.3) is 44.5 Å². The molecule has 0 saturated heterocycles. The van der Waals surface area contributed by atoms with E-state index in [1.54, 1.807) is 6.07 Å². The third-order valence-corrected chi connectivity index (χ3v) is 7.18. The highest BCUT2D eigenvalue weighted by atomic mass is 16.3. The fourth-order valence-corrected chi connectivity index (χ4v) is 5.46. The first-order valence-electron chi connectivity index (χ1n) is 13.2. The highest BCUT2D eigenvalue weighted by Crippen LogP contribution is 2.40. The Balaban J connectivity index is 1.55. The smallest absolute Gasteiger partial charge is 0.227 e. The maximum absolute atomic E-state index is 7.74. The van der Waals surface area contributed by atoms with E-state index in [1.165, 1.54) is 36.8 Å². The minimum absolute atomic E-state index is 0.0423. The lowest BCUT2D eigenvalue weighted by Gasteiger charge is -2.13. The van der Waals surface area contributed by atoms with Crippen molar-refractivity contribution in [2.24, 2.45) is 7.05 Å². The standard InChI is InChI=1S/C30H29N2O/c1-19-10-16-25-26-17-11-20(2)31-30(26)33-29(25)27(19)28-24(9-6-18-32(28)3)23-14-12-22(13-15-23)21-7-4-5-8-21/h6,9-18,21H,4-5,7-8H2,1-3H3/q+1/i2D3. The van der Waals surface area contributed by atoms with E-state index in [-0.39, 0.29) is 5.69 Å². The Morgan fingerprint density at radius 3 is 2.55 bits per heavy atom. The average Bonchev–Trinajstić information content (AvgIpc) is 3.52. The second-order valence-corrected chi connectivity index (χ2v) is 9.27. The summed E-state index contributed by atoms with van der Waals surface area (Å²) in [6.07, 6.45) is 7.28. The molecule has 1 fully saturated rings. The van der Waals surface area contributed by atoms with Crippen molar-refractivity contribution in [1.82, 2.24) is 4.98 Å². The van der Waals surface area contributed by atoms with Gasteiger partial charge in [0, 0.05) is 26.6 Å². The summed E-state index contributed by atoms with van der Waals surface area (Å²) < 4.78 is 31.7. The van der Waals surface area contributed by atoms with Crippen LogP contribution in [0.3, 0.4) is 0 Å². The molecule has 6 rings (SSSR count). The van der Waals surface area contributed by atoms with Crippen LogP contribution in [0.1, 0.15) is 52.5 Å². The number of aryl methyl sites for hydroxylation is 3. The molecule has 0 radical (unpaired) electrons. The van der Waals surface area contributed by atoms with Gasteiger partial charge in [0.05, 0.1) is 11.1 Å². The molecule has 0 bridgehead atoms. The molecule has 0 unspecified atom stereocenters. The van der Waals surface area contributed by atoms with E-state index < -0.39 is 6.85 Å². The molecular weight excluding hydrogens is 404 g/mol. The van der Waals surface area contributed by atoms with E-state index in [2.05, 4.69) is 72.2 Å². The molecule has 1 saturated carbocycles. The Morgan fingerprint density at radius 2 is 1.76 bits per heavy atom. The SMILES string of the molecule is [2H]C([2H])([2H])c1ccc2c(n1)oc1c(-c3c(-c4ccc(C5CCCC5)cc4)ccc[n+]3C)c(C)ccc12. The first-order valence-corrected chi connectivity index (χ1v) is 11.7. The number of hydrogen-bond acceptors (Lipinski definition) is 2. The Hall–Kier alpha value is -3.46. The molecule has 0 atom stereocenters. The van der Waals surface area contributed by atoms with E-state index >= 15 is 0 Å². The molecule has 3 heterocycles. The van der Waals surface area contributed by atoms with Gasteiger partial charge in [-0.25, -0.2) is 9.55 Å². The van der Waals surface area contributed by atoms with Gasteiger partial charge in [-0.2, -0.15) is 0 Å². The van der Waals surface area contributed by atoms with Crippen LogP contribution in [0, 0.1) is 13.8 Å². The van der Waals surface area contributed by atoms with Gasteiger partial charge in [0.2, 0.25) is 11.4 Å². The van der Waals surface area contributed by atoms with Crippen LogP contribution in [0.15, 0.2) is 71.3 Å². The summed E-state index contributed by atoms with van der Waals surface area (Å²) in [7, 11) is 2.05. The van der Waals surface area contributed by atoms with Crippen molar-refractivity contribution in [2.75, 3.05) is 0 Å². The van der Waals surface area contributed by atoms with Crippen molar-refractivity contribution >= 4 is 22.1 Å². The Labute approximate surface area is 198 Å². The van der Waals surface area contributed by atoms with Gasteiger partial charge in [-0.1, -0.05) is 49.2 Å². The molecular formula is C30H29N2O+. The lowest BCUT2D eigenvalue weighted by molar-refractivity contribution is -0.659. The van der Waals surface area contributed by atoms with Crippen LogP contribution in [0.4, 0.5) is 0 Å². The number of pyridine rings is 2. The minimum atomic E-state index is -2.28. The molecule has 0 amide bonds.